The first kappa shape index (κ1) is 16.0. The number of carbonyl (C=O) groups is 1. The average molecular weight is 380 g/mol. The fourth-order valence-corrected chi connectivity index (χ4v) is 3.62. The van der Waals surface area contributed by atoms with E-state index in [9.17, 15) is 9.59 Å². The van der Waals surface area contributed by atoms with Gasteiger partial charge < -0.3 is 10.5 Å². The second-order valence-electron chi connectivity index (χ2n) is 6.95. The fourth-order valence-electron chi connectivity index (χ4n) is 3.26. The number of aromatic amines is 1. The SMILES string of the molecule is CC(C)(C)C1(OC(N)=O)CC1c1n[nH]c(=O)c2ccc(Br)cc12. The van der Waals surface area contributed by atoms with Crippen molar-refractivity contribution in [2.24, 2.45) is 11.1 Å². The van der Waals surface area contributed by atoms with E-state index in [0.29, 0.717) is 11.8 Å². The second kappa shape index (κ2) is 5.06. The van der Waals surface area contributed by atoms with E-state index < -0.39 is 11.7 Å². The Morgan fingerprint density at radius 2 is 2.13 bits per heavy atom. The Morgan fingerprint density at radius 3 is 2.74 bits per heavy atom. The number of benzene rings is 1. The molecule has 2 atom stereocenters. The lowest BCUT2D eigenvalue weighted by atomic mass is 9.84. The lowest BCUT2D eigenvalue weighted by molar-refractivity contribution is 0.0109. The molecule has 3 rings (SSSR count). The van der Waals surface area contributed by atoms with Crippen molar-refractivity contribution in [2.75, 3.05) is 0 Å². The Hall–Kier alpha value is -1.89. The molecule has 1 fully saturated rings. The molecule has 0 aliphatic heterocycles. The number of hydrogen-bond donors (Lipinski definition) is 2. The summed E-state index contributed by atoms with van der Waals surface area (Å²) in [6.45, 7) is 6.00. The number of H-pyrrole nitrogens is 1. The number of aromatic nitrogens is 2. The number of hydrogen-bond acceptors (Lipinski definition) is 4. The molecule has 1 aromatic carbocycles. The minimum atomic E-state index is -0.794. The molecular formula is C16H18BrN3O3. The number of carbonyl (C=O) groups excluding carboxylic acids is 1. The number of primary amides is 1. The van der Waals surface area contributed by atoms with Crippen LogP contribution in [0.5, 0.6) is 0 Å². The summed E-state index contributed by atoms with van der Waals surface area (Å²) in [6, 6.07) is 5.42. The average Bonchev–Trinajstić information content (AvgIpc) is 3.13. The maximum absolute atomic E-state index is 12.0. The minimum absolute atomic E-state index is 0.108. The van der Waals surface area contributed by atoms with Crippen LogP contribution in [0.1, 0.15) is 38.8 Å². The first-order chi connectivity index (χ1) is 10.7. The molecule has 6 nitrogen and oxygen atoms in total. The lowest BCUT2D eigenvalue weighted by Crippen LogP contribution is -2.37. The Labute approximate surface area is 141 Å². The number of ether oxygens (including phenoxy) is 1. The fraction of sp³-hybridized carbons (Fsp3) is 0.438. The maximum Gasteiger partial charge on any atom is 0.405 e. The summed E-state index contributed by atoms with van der Waals surface area (Å²) in [5.41, 5.74) is 4.74. The van der Waals surface area contributed by atoms with Crippen LogP contribution >= 0.6 is 15.9 Å². The van der Waals surface area contributed by atoms with Crippen LogP contribution in [0, 0.1) is 5.41 Å². The second-order valence-corrected chi connectivity index (χ2v) is 7.86. The van der Waals surface area contributed by atoms with Gasteiger partial charge in [-0.15, -0.1) is 0 Å². The number of nitrogens with zero attached hydrogens (tertiary/aromatic N) is 1. The molecule has 0 saturated heterocycles. The highest BCUT2D eigenvalue weighted by Gasteiger charge is 2.66. The zero-order valence-electron chi connectivity index (χ0n) is 13.1. The van der Waals surface area contributed by atoms with Gasteiger partial charge in [0, 0.05) is 27.6 Å². The van der Waals surface area contributed by atoms with E-state index in [0.717, 1.165) is 15.6 Å². The van der Waals surface area contributed by atoms with E-state index >= 15 is 0 Å². The van der Waals surface area contributed by atoms with Crippen molar-refractivity contribution < 1.29 is 9.53 Å². The van der Waals surface area contributed by atoms with Crippen LogP contribution in [0.4, 0.5) is 4.79 Å². The van der Waals surface area contributed by atoms with Crippen molar-refractivity contribution in [1.82, 2.24) is 10.2 Å². The Morgan fingerprint density at radius 1 is 1.43 bits per heavy atom. The van der Waals surface area contributed by atoms with E-state index in [1.54, 1.807) is 6.07 Å². The molecule has 1 aromatic heterocycles. The molecule has 0 radical (unpaired) electrons. The lowest BCUT2D eigenvalue weighted by Gasteiger charge is -2.31. The molecule has 122 valence electrons. The molecule has 7 heteroatoms. The highest BCUT2D eigenvalue weighted by atomic mass is 79.9. The molecule has 2 unspecified atom stereocenters. The Kier molecular flexibility index (Phi) is 3.51. The molecule has 3 N–H and O–H groups in total. The first-order valence-corrected chi connectivity index (χ1v) is 8.11. The molecule has 0 spiro atoms. The summed E-state index contributed by atoms with van der Waals surface area (Å²) in [5.74, 6) is -0.108. The number of amides is 1. The van der Waals surface area contributed by atoms with Gasteiger partial charge in [0.25, 0.3) is 5.56 Å². The quantitative estimate of drug-likeness (QED) is 0.837. The van der Waals surface area contributed by atoms with Crippen molar-refractivity contribution in [2.45, 2.75) is 38.7 Å². The van der Waals surface area contributed by atoms with Gasteiger partial charge in [0.2, 0.25) is 0 Å². The van der Waals surface area contributed by atoms with Crippen LogP contribution in [0.3, 0.4) is 0 Å². The molecule has 2 aromatic rings. The predicted molar refractivity (Wildman–Crippen MR) is 90.3 cm³/mol. The van der Waals surface area contributed by atoms with E-state index in [4.69, 9.17) is 10.5 Å². The standard InChI is InChI=1S/C16H18BrN3O3/c1-15(2,3)16(23-14(18)22)7-11(16)12-10-6-8(17)4-5-9(10)13(21)20-19-12/h4-6,11H,7H2,1-3H3,(H2,18,22)(H,20,21). The van der Waals surface area contributed by atoms with E-state index in [2.05, 4.69) is 26.1 Å². The summed E-state index contributed by atoms with van der Waals surface area (Å²) in [7, 11) is 0. The minimum Gasteiger partial charge on any atom is -0.442 e. The van der Waals surface area contributed by atoms with E-state index in [-0.39, 0.29) is 16.9 Å². The van der Waals surface area contributed by atoms with E-state index in [1.165, 1.54) is 0 Å². The summed E-state index contributed by atoms with van der Waals surface area (Å²) in [4.78, 5) is 23.3. The topological polar surface area (TPSA) is 98.1 Å². The normalized spacial score (nSPS) is 23.7. The third-order valence-corrected chi connectivity index (χ3v) is 5.07. The van der Waals surface area contributed by atoms with Gasteiger partial charge in [-0.3, -0.25) is 4.79 Å². The van der Waals surface area contributed by atoms with Gasteiger partial charge in [-0.25, -0.2) is 9.89 Å². The van der Waals surface area contributed by atoms with Gasteiger partial charge in [0.05, 0.1) is 11.1 Å². The Balaban J connectivity index is 2.15. The highest BCUT2D eigenvalue weighted by Crippen LogP contribution is 2.63. The van der Waals surface area contributed by atoms with Crippen molar-refractivity contribution in [3.05, 3.63) is 38.7 Å². The summed E-state index contributed by atoms with van der Waals surface area (Å²) in [6.07, 6.45) is -0.169. The molecular weight excluding hydrogens is 362 g/mol. The number of nitrogens with one attached hydrogen (secondary N) is 1. The summed E-state index contributed by atoms with van der Waals surface area (Å²) in [5, 5.41) is 8.09. The van der Waals surface area contributed by atoms with Crippen LogP contribution in [-0.2, 0) is 4.74 Å². The van der Waals surface area contributed by atoms with Gasteiger partial charge in [-0.1, -0.05) is 36.7 Å². The molecule has 23 heavy (non-hydrogen) atoms. The molecule has 1 aliphatic carbocycles. The van der Waals surface area contributed by atoms with Gasteiger partial charge in [-0.05, 0) is 18.2 Å². The highest BCUT2D eigenvalue weighted by molar-refractivity contribution is 9.10. The Bertz CT molecular complexity index is 856. The number of fused-ring (bicyclic) bond motifs is 1. The van der Waals surface area contributed by atoms with Crippen LogP contribution < -0.4 is 11.3 Å². The van der Waals surface area contributed by atoms with Crippen molar-refractivity contribution in [3.8, 4) is 0 Å². The van der Waals surface area contributed by atoms with Gasteiger partial charge in [-0.2, -0.15) is 5.10 Å². The van der Waals surface area contributed by atoms with Gasteiger partial charge in [0.1, 0.15) is 5.60 Å². The molecule has 1 heterocycles. The molecule has 0 bridgehead atoms. The largest absolute Gasteiger partial charge is 0.442 e. The van der Waals surface area contributed by atoms with E-state index in [1.807, 2.05) is 32.9 Å². The summed E-state index contributed by atoms with van der Waals surface area (Å²) < 4.78 is 6.34. The van der Waals surface area contributed by atoms with Crippen LogP contribution in [0.2, 0.25) is 0 Å². The van der Waals surface area contributed by atoms with Crippen molar-refractivity contribution >= 4 is 32.8 Å². The number of halogens is 1. The van der Waals surface area contributed by atoms with Crippen LogP contribution in [0.25, 0.3) is 10.8 Å². The van der Waals surface area contributed by atoms with Crippen LogP contribution in [-0.4, -0.2) is 21.9 Å². The van der Waals surface area contributed by atoms with Crippen molar-refractivity contribution in [1.29, 1.82) is 0 Å². The third-order valence-electron chi connectivity index (χ3n) is 4.57. The zero-order valence-corrected chi connectivity index (χ0v) is 14.7. The van der Waals surface area contributed by atoms with Gasteiger partial charge >= 0.3 is 6.09 Å². The molecule has 1 saturated carbocycles. The summed E-state index contributed by atoms with van der Waals surface area (Å²) >= 11 is 3.42. The van der Waals surface area contributed by atoms with Crippen LogP contribution in [0.15, 0.2) is 27.5 Å². The number of rotatable bonds is 2. The van der Waals surface area contributed by atoms with Gasteiger partial charge in [0.15, 0.2) is 0 Å². The zero-order chi connectivity index (χ0) is 17.0. The monoisotopic (exact) mass is 379 g/mol. The molecule has 1 aliphatic rings. The first-order valence-electron chi connectivity index (χ1n) is 7.32. The maximum atomic E-state index is 12.0. The number of nitrogens with two attached hydrogens (primary N) is 1. The third kappa shape index (κ3) is 2.52. The predicted octanol–water partition coefficient (Wildman–Crippen LogP) is 3.05. The molecule has 1 amide bonds. The van der Waals surface area contributed by atoms with Crippen molar-refractivity contribution in [3.63, 3.8) is 0 Å². The smallest absolute Gasteiger partial charge is 0.405 e.